The van der Waals surface area contributed by atoms with Crippen LogP contribution in [0.5, 0.6) is 0 Å². The zero-order valence-electron chi connectivity index (χ0n) is 20.3. The van der Waals surface area contributed by atoms with Crippen LogP contribution in [0, 0.1) is 11.3 Å². The Morgan fingerprint density at radius 1 is 1.21 bits per heavy atom. The fourth-order valence-electron chi connectivity index (χ4n) is 5.20. The van der Waals surface area contributed by atoms with Crippen LogP contribution in [0.3, 0.4) is 0 Å². The molecule has 1 fully saturated rings. The van der Waals surface area contributed by atoms with Gasteiger partial charge in [0, 0.05) is 50.1 Å². The van der Waals surface area contributed by atoms with Crippen molar-refractivity contribution in [1.29, 1.82) is 0 Å². The third kappa shape index (κ3) is 4.60. The Bertz CT molecular complexity index is 1240. The van der Waals surface area contributed by atoms with Crippen LogP contribution in [-0.2, 0) is 24.1 Å². The number of carbonyl (C=O) groups excluding carboxylic acids is 1. The van der Waals surface area contributed by atoms with Crippen LogP contribution in [0.25, 0.3) is 10.2 Å². The molecular weight excluding hydrogens is 446 g/mol. The zero-order chi connectivity index (χ0) is 23.9. The molecule has 0 aromatic carbocycles. The van der Waals surface area contributed by atoms with Crippen molar-refractivity contribution in [1.82, 2.24) is 19.9 Å². The van der Waals surface area contributed by atoms with E-state index in [0.29, 0.717) is 37.7 Å². The van der Waals surface area contributed by atoms with Gasteiger partial charge in [0.1, 0.15) is 16.5 Å². The maximum Gasteiger partial charge on any atom is 0.259 e. The molecule has 7 nitrogen and oxygen atoms in total. The highest BCUT2D eigenvalue weighted by Gasteiger charge is 2.31. The molecule has 4 heterocycles. The average molecular weight is 480 g/mol. The molecule has 1 aliphatic carbocycles. The first-order valence-electron chi connectivity index (χ1n) is 12.3. The first kappa shape index (κ1) is 23.0. The number of rotatable bonds is 4. The van der Waals surface area contributed by atoms with E-state index in [1.165, 1.54) is 10.4 Å². The molecule has 1 atom stereocenters. The molecule has 1 aliphatic heterocycles. The fraction of sp³-hybridized carbons (Fsp3) is 0.538. The first-order chi connectivity index (χ1) is 16.3. The number of thiophene rings is 1. The number of amides is 1. The minimum absolute atomic E-state index is 0.0527. The molecule has 8 heteroatoms. The second-order valence-electron chi connectivity index (χ2n) is 10.6. The number of nitrogens with zero attached hydrogens (tertiary/aromatic N) is 4. The van der Waals surface area contributed by atoms with E-state index in [0.717, 1.165) is 48.4 Å². The number of nitrogens with one attached hydrogen (secondary N) is 1. The Hall–Kier alpha value is -2.74. The lowest BCUT2D eigenvalue weighted by Crippen LogP contribution is -2.49. The Morgan fingerprint density at radius 2 is 2.00 bits per heavy atom. The quantitative estimate of drug-likeness (QED) is 0.615. The van der Waals surface area contributed by atoms with E-state index in [4.69, 9.17) is 4.98 Å². The smallest absolute Gasteiger partial charge is 0.259 e. The van der Waals surface area contributed by atoms with Crippen LogP contribution < -0.4 is 10.5 Å². The van der Waals surface area contributed by atoms with E-state index in [1.54, 1.807) is 17.5 Å². The number of hydrogen-bond acceptors (Lipinski definition) is 6. The summed E-state index contributed by atoms with van der Waals surface area (Å²) in [5.74, 6) is 2.31. The van der Waals surface area contributed by atoms with E-state index in [2.05, 4.69) is 35.6 Å². The summed E-state index contributed by atoms with van der Waals surface area (Å²) in [5, 5.41) is 0.771. The summed E-state index contributed by atoms with van der Waals surface area (Å²) >= 11 is 1.67. The summed E-state index contributed by atoms with van der Waals surface area (Å²) in [5.41, 5.74) is 1.41. The van der Waals surface area contributed by atoms with E-state index < -0.39 is 0 Å². The van der Waals surface area contributed by atoms with E-state index >= 15 is 0 Å². The van der Waals surface area contributed by atoms with Crippen molar-refractivity contribution in [2.75, 3.05) is 31.1 Å². The van der Waals surface area contributed by atoms with Gasteiger partial charge in [-0.15, -0.1) is 11.3 Å². The minimum atomic E-state index is -0.0527. The monoisotopic (exact) mass is 479 g/mol. The van der Waals surface area contributed by atoms with Crippen molar-refractivity contribution < 1.29 is 4.79 Å². The van der Waals surface area contributed by atoms with Gasteiger partial charge in [0.2, 0.25) is 5.91 Å². The third-order valence-electron chi connectivity index (χ3n) is 7.37. The number of anilines is 1. The van der Waals surface area contributed by atoms with Crippen LogP contribution in [0.2, 0.25) is 0 Å². The molecule has 0 spiro atoms. The summed E-state index contributed by atoms with van der Waals surface area (Å²) in [7, 11) is 0. The Kier molecular flexibility index (Phi) is 6.18. The summed E-state index contributed by atoms with van der Waals surface area (Å²) in [6, 6.07) is 5.89. The van der Waals surface area contributed by atoms with Gasteiger partial charge in [-0.05, 0) is 48.3 Å². The Labute approximate surface area is 204 Å². The van der Waals surface area contributed by atoms with Crippen molar-refractivity contribution in [3.8, 4) is 0 Å². The van der Waals surface area contributed by atoms with E-state index in [9.17, 15) is 9.59 Å². The van der Waals surface area contributed by atoms with Crippen LogP contribution in [0.4, 0.5) is 5.82 Å². The molecule has 0 bridgehead atoms. The zero-order valence-corrected chi connectivity index (χ0v) is 21.1. The molecule has 1 amide bonds. The van der Waals surface area contributed by atoms with Crippen molar-refractivity contribution in [3.05, 3.63) is 51.0 Å². The lowest BCUT2D eigenvalue weighted by atomic mass is 9.72. The number of aryl methyl sites for hydroxylation is 2. The molecule has 5 rings (SSSR count). The first-order valence-corrected chi connectivity index (χ1v) is 13.1. The van der Waals surface area contributed by atoms with Gasteiger partial charge in [-0.3, -0.25) is 9.59 Å². The molecule has 34 heavy (non-hydrogen) atoms. The van der Waals surface area contributed by atoms with E-state index in [-0.39, 0.29) is 16.9 Å². The predicted molar refractivity (Wildman–Crippen MR) is 137 cm³/mol. The van der Waals surface area contributed by atoms with Gasteiger partial charge in [0.05, 0.1) is 5.39 Å². The molecule has 3 aromatic rings. The van der Waals surface area contributed by atoms with Crippen LogP contribution in [0.1, 0.15) is 49.9 Å². The van der Waals surface area contributed by atoms with Crippen molar-refractivity contribution in [3.63, 3.8) is 0 Å². The number of aromatic amines is 1. The maximum absolute atomic E-state index is 12.9. The number of pyridine rings is 1. The second-order valence-corrected chi connectivity index (χ2v) is 11.6. The Morgan fingerprint density at radius 3 is 2.71 bits per heavy atom. The normalized spacial score (nSPS) is 18.9. The lowest BCUT2D eigenvalue weighted by Gasteiger charge is -2.35. The van der Waals surface area contributed by atoms with Crippen molar-refractivity contribution in [2.24, 2.45) is 11.3 Å². The molecule has 0 unspecified atom stereocenters. The fourth-order valence-corrected chi connectivity index (χ4v) is 6.51. The van der Waals surface area contributed by atoms with Crippen LogP contribution in [-0.4, -0.2) is 51.9 Å². The van der Waals surface area contributed by atoms with Gasteiger partial charge in [0.25, 0.3) is 5.56 Å². The number of aromatic nitrogens is 3. The molecular formula is C26H33N5O2S. The predicted octanol–water partition coefficient (Wildman–Crippen LogP) is 3.81. The average Bonchev–Trinajstić information content (AvgIpc) is 3.21. The van der Waals surface area contributed by atoms with Gasteiger partial charge >= 0.3 is 0 Å². The van der Waals surface area contributed by atoms with Crippen molar-refractivity contribution >= 4 is 33.3 Å². The number of piperazine rings is 1. The highest BCUT2D eigenvalue weighted by molar-refractivity contribution is 7.18. The molecule has 1 N–H and O–H groups in total. The van der Waals surface area contributed by atoms with E-state index in [1.807, 2.05) is 23.1 Å². The number of fused-ring (bicyclic) bond motifs is 3. The summed E-state index contributed by atoms with van der Waals surface area (Å²) < 4.78 is 0. The molecule has 0 radical (unpaired) electrons. The SMILES string of the molecule is CC(C)(C)[C@@H]1CCc2c(sc3nc(CCC(=O)N4CCN(c5ccccn5)CC4)[nH]c(=O)c23)C1. The second kappa shape index (κ2) is 9.13. The summed E-state index contributed by atoms with van der Waals surface area (Å²) in [4.78, 5) is 44.2. The summed E-state index contributed by atoms with van der Waals surface area (Å²) in [6.07, 6.45) is 5.70. The third-order valence-corrected chi connectivity index (χ3v) is 8.52. The van der Waals surface area contributed by atoms with Crippen molar-refractivity contribution in [2.45, 2.75) is 52.9 Å². The molecule has 0 saturated carbocycles. The molecule has 2 aliphatic rings. The van der Waals surface area contributed by atoms with Gasteiger partial charge in [-0.2, -0.15) is 0 Å². The summed E-state index contributed by atoms with van der Waals surface area (Å²) in [6.45, 7) is 9.83. The maximum atomic E-state index is 12.9. The molecule has 180 valence electrons. The highest BCUT2D eigenvalue weighted by Crippen LogP contribution is 2.42. The van der Waals surface area contributed by atoms with Gasteiger partial charge in [-0.25, -0.2) is 9.97 Å². The number of carbonyl (C=O) groups is 1. The van der Waals surface area contributed by atoms with Gasteiger partial charge < -0.3 is 14.8 Å². The molecule has 1 saturated heterocycles. The number of H-pyrrole nitrogens is 1. The Balaban J connectivity index is 1.23. The minimum Gasteiger partial charge on any atom is -0.353 e. The topological polar surface area (TPSA) is 82.2 Å². The standard InChI is InChI=1S/C26H33N5O2S/c1-26(2,3)17-7-8-18-19(16-17)34-25-23(18)24(33)28-20(29-25)9-10-22(32)31-14-12-30(13-15-31)21-6-4-5-11-27-21/h4-6,11,17H,7-10,12-16H2,1-3H3,(H,28,29,33)/t17-/m1/s1. The van der Waals surface area contributed by atoms with Gasteiger partial charge in [-0.1, -0.05) is 26.8 Å². The van der Waals surface area contributed by atoms with Crippen LogP contribution >= 0.6 is 11.3 Å². The lowest BCUT2D eigenvalue weighted by molar-refractivity contribution is -0.131. The largest absolute Gasteiger partial charge is 0.353 e. The number of hydrogen-bond donors (Lipinski definition) is 1. The highest BCUT2D eigenvalue weighted by atomic mass is 32.1. The molecule has 3 aromatic heterocycles. The van der Waals surface area contributed by atoms with Crippen LogP contribution in [0.15, 0.2) is 29.2 Å². The van der Waals surface area contributed by atoms with Gasteiger partial charge in [0.15, 0.2) is 0 Å².